The summed E-state index contributed by atoms with van der Waals surface area (Å²) in [5.41, 5.74) is 0.993. The van der Waals surface area contributed by atoms with Gasteiger partial charge in [0.05, 0.1) is 20.6 Å². The molecule has 0 heterocycles. The second-order valence-corrected chi connectivity index (χ2v) is 9.54. The molecule has 0 N–H and O–H groups in total. The van der Waals surface area contributed by atoms with Gasteiger partial charge in [-0.1, -0.05) is 48.8 Å². The van der Waals surface area contributed by atoms with Gasteiger partial charge in [0, 0.05) is 5.56 Å². The highest BCUT2D eigenvalue weighted by atomic mass is 28.3. The maximum Gasteiger partial charge on any atom is 0.0966 e. The Bertz CT molecular complexity index is 421. The molecule has 76 valence electrons. The zero-order valence-electron chi connectivity index (χ0n) is 9.46. The maximum atomic E-state index is 8.35. The maximum absolute atomic E-state index is 8.35. The average Bonchev–Trinajstić information content (AvgIpc) is 2.18. The fourth-order valence-corrected chi connectivity index (χ4v) is 2.41. The van der Waals surface area contributed by atoms with Crippen molar-refractivity contribution in [3.05, 3.63) is 29.8 Å². The van der Waals surface area contributed by atoms with E-state index in [1.165, 1.54) is 5.19 Å². The molecule has 0 aliphatic rings. The van der Waals surface area contributed by atoms with Crippen LogP contribution in [0.2, 0.25) is 19.6 Å². The molecule has 0 atom stereocenters. The minimum atomic E-state index is -1.19. The fraction of sp³-hybridized carbons (Fsp3) is 0.308. The van der Waals surface area contributed by atoms with E-state index in [9.17, 15) is 0 Å². The molecule has 0 aromatic heterocycles. The highest BCUT2D eigenvalue weighted by Gasteiger charge is 2.15. The van der Waals surface area contributed by atoms with E-state index in [1.807, 2.05) is 18.2 Å². The van der Waals surface area contributed by atoms with Gasteiger partial charge in [0.25, 0.3) is 0 Å². The molecule has 0 unspecified atom stereocenters. The topological polar surface area (TPSA) is 23.8 Å². The van der Waals surface area contributed by atoms with Crippen molar-refractivity contribution in [2.45, 2.75) is 26.1 Å². The predicted molar refractivity (Wildman–Crippen MR) is 66.5 cm³/mol. The van der Waals surface area contributed by atoms with Crippen LogP contribution in [0, 0.1) is 23.2 Å². The first kappa shape index (κ1) is 11.6. The third-order valence-electron chi connectivity index (χ3n) is 2.15. The molecule has 0 radical (unpaired) electrons. The molecule has 2 heteroatoms. The van der Waals surface area contributed by atoms with E-state index in [4.69, 9.17) is 5.26 Å². The Morgan fingerprint density at radius 3 is 2.20 bits per heavy atom. The number of benzene rings is 1. The van der Waals surface area contributed by atoms with Crippen molar-refractivity contribution in [1.29, 1.82) is 5.26 Å². The van der Waals surface area contributed by atoms with Gasteiger partial charge in [-0.15, -0.1) is 0 Å². The van der Waals surface area contributed by atoms with Gasteiger partial charge in [-0.25, -0.2) is 0 Å². The lowest BCUT2D eigenvalue weighted by Crippen LogP contribution is -2.37. The van der Waals surface area contributed by atoms with E-state index in [0.29, 0.717) is 6.42 Å². The molecule has 0 saturated heterocycles. The van der Waals surface area contributed by atoms with Crippen LogP contribution in [-0.2, 0) is 0 Å². The fourth-order valence-electron chi connectivity index (χ4n) is 1.24. The molecule has 0 aliphatic carbocycles. The van der Waals surface area contributed by atoms with Gasteiger partial charge in [-0.2, -0.15) is 5.26 Å². The monoisotopic (exact) mass is 213 g/mol. The average molecular weight is 213 g/mol. The number of hydrogen-bond acceptors (Lipinski definition) is 1. The highest BCUT2D eigenvalue weighted by molar-refractivity contribution is 6.88. The number of nitriles is 1. The van der Waals surface area contributed by atoms with Gasteiger partial charge in [0.2, 0.25) is 0 Å². The Hall–Kier alpha value is -1.51. The van der Waals surface area contributed by atoms with Crippen molar-refractivity contribution in [2.75, 3.05) is 0 Å². The molecule has 0 saturated carbocycles. The molecular weight excluding hydrogens is 198 g/mol. The van der Waals surface area contributed by atoms with Crippen LogP contribution in [0.1, 0.15) is 12.0 Å². The van der Waals surface area contributed by atoms with Crippen LogP contribution in [-0.4, -0.2) is 8.07 Å². The second kappa shape index (κ2) is 4.82. The molecular formula is C13H15NSi. The van der Waals surface area contributed by atoms with E-state index in [2.05, 4.69) is 43.6 Å². The van der Waals surface area contributed by atoms with Crippen molar-refractivity contribution in [3.63, 3.8) is 0 Å². The summed E-state index contributed by atoms with van der Waals surface area (Å²) in [6.45, 7) is 6.97. The minimum absolute atomic E-state index is 0.301. The van der Waals surface area contributed by atoms with Gasteiger partial charge in [-0.05, 0) is 12.1 Å². The molecule has 1 aromatic carbocycles. The number of rotatable bonds is 1. The lowest BCUT2D eigenvalue weighted by atomic mass is 10.2. The smallest absolute Gasteiger partial charge is 0.0966 e. The summed E-state index contributed by atoms with van der Waals surface area (Å²) in [5.74, 6) is 5.78. The number of nitrogens with zero attached hydrogens (tertiary/aromatic N) is 1. The lowest BCUT2D eigenvalue weighted by Gasteiger charge is -2.15. The van der Waals surface area contributed by atoms with Crippen LogP contribution in [0.15, 0.2) is 24.3 Å². The van der Waals surface area contributed by atoms with E-state index in [0.717, 1.165) is 5.56 Å². The van der Waals surface area contributed by atoms with Gasteiger partial charge in [0.15, 0.2) is 0 Å². The van der Waals surface area contributed by atoms with Gasteiger partial charge >= 0.3 is 0 Å². The molecule has 0 fully saturated rings. The van der Waals surface area contributed by atoms with Gasteiger partial charge < -0.3 is 0 Å². The Morgan fingerprint density at radius 2 is 1.73 bits per heavy atom. The Labute approximate surface area is 92.8 Å². The first-order chi connectivity index (χ1) is 7.04. The standard InChI is InChI=1S/C13H15NSi/c1-15(2,3)13-9-7-12(8-10-13)6-4-5-11-14/h7-10H,5H2,1-3H3. The summed E-state index contributed by atoms with van der Waals surface area (Å²) in [5, 5.41) is 9.79. The normalized spacial score (nSPS) is 10.0. The zero-order chi connectivity index (χ0) is 11.3. The van der Waals surface area contributed by atoms with Crippen molar-refractivity contribution < 1.29 is 0 Å². The van der Waals surface area contributed by atoms with Gasteiger partial charge in [-0.3, -0.25) is 0 Å². The molecule has 0 aliphatic heterocycles. The number of hydrogen-bond donors (Lipinski definition) is 0. The summed E-state index contributed by atoms with van der Waals surface area (Å²) in [6.07, 6.45) is 0.301. The van der Waals surface area contributed by atoms with E-state index < -0.39 is 8.07 Å². The zero-order valence-corrected chi connectivity index (χ0v) is 10.5. The van der Waals surface area contributed by atoms with Crippen LogP contribution >= 0.6 is 0 Å². The molecule has 1 aromatic rings. The van der Waals surface area contributed by atoms with Crippen molar-refractivity contribution in [1.82, 2.24) is 0 Å². The van der Waals surface area contributed by atoms with Gasteiger partial charge in [0.1, 0.15) is 0 Å². The van der Waals surface area contributed by atoms with Crippen LogP contribution in [0.3, 0.4) is 0 Å². The summed E-state index contributed by atoms with van der Waals surface area (Å²) >= 11 is 0. The van der Waals surface area contributed by atoms with Crippen LogP contribution in [0.4, 0.5) is 0 Å². The minimum Gasteiger partial charge on any atom is -0.197 e. The van der Waals surface area contributed by atoms with E-state index >= 15 is 0 Å². The van der Waals surface area contributed by atoms with Crippen LogP contribution in [0.25, 0.3) is 0 Å². The van der Waals surface area contributed by atoms with E-state index in [1.54, 1.807) is 0 Å². The summed E-state index contributed by atoms with van der Waals surface area (Å²) in [4.78, 5) is 0. The largest absolute Gasteiger partial charge is 0.197 e. The Morgan fingerprint density at radius 1 is 1.13 bits per heavy atom. The second-order valence-electron chi connectivity index (χ2n) is 4.46. The molecule has 0 bridgehead atoms. The van der Waals surface area contributed by atoms with Crippen molar-refractivity contribution in [2.24, 2.45) is 0 Å². The molecule has 1 nitrogen and oxygen atoms in total. The third-order valence-corrected chi connectivity index (χ3v) is 4.22. The third kappa shape index (κ3) is 3.62. The first-order valence-corrected chi connectivity index (χ1v) is 8.50. The van der Waals surface area contributed by atoms with Crippen LogP contribution < -0.4 is 5.19 Å². The Kier molecular flexibility index (Phi) is 3.72. The predicted octanol–water partition coefficient (Wildman–Crippen LogP) is 2.50. The molecule has 1 rings (SSSR count). The summed E-state index contributed by atoms with van der Waals surface area (Å²) in [7, 11) is -1.19. The highest BCUT2D eigenvalue weighted by Crippen LogP contribution is 2.03. The Balaban J connectivity index is 2.84. The summed E-state index contributed by atoms with van der Waals surface area (Å²) in [6, 6.07) is 10.4. The lowest BCUT2D eigenvalue weighted by molar-refractivity contribution is 1.39. The van der Waals surface area contributed by atoms with Crippen molar-refractivity contribution >= 4 is 13.3 Å². The van der Waals surface area contributed by atoms with Crippen LogP contribution in [0.5, 0.6) is 0 Å². The molecule has 15 heavy (non-hydrogen) atoms. The quantitative estimate of drug-likeness (QED) is 0.519. The SMILES string of the molecule is C[Si](C)(C)c1ccc(C#CCC#N)cc1. The summed E-state index contributed by atoms with van der Waals surface area (Å²) < 4.78 is 0. The molecule has 0 amide bonds. The van der Waals surface area contributed by atoms with Crippen molar-refractivity contribution in [3.8, 4) is 17.9 Å². The van der Waals surface area contributed by atoms with E-state index in [-0.39, 0.29) is 0 Å². The molecule has 0 spiro atoms. The first-order valence-electron chi connectivity index (χ1n) is 5.00.